The summed E-state index contributed by atoms with van der Waals surface area (Å²) in [6.45, 7) is 4.16. The van der Waals surface area contributed by atoms with Crippen LogP contribution < -0.4 is 0 Å². The van der Waals surface area contributed by atoms with Crippen LogP contribution in [-0.2, 0) is 33.2 Å². The normalized spacial score (nSPS) is 50.7. The van der Waals surface area contributed by atoms with E-state index in [4.69, 9.17) is 28.4 Å². The van der Waals surface area contributed by atoms with Gasteiger partial charge < -0.3 is 48.8 Å². The van der Waals surface area contributed by atoms with E-state index in [1.165, 1.54) is 21.1 Å². The number of piperidine rings is 1. The Morgan fingerprint density at radius 2 is 1.62 bits per heavy atom. The maximum Gasteiger partial charge on any atom is 0.338 e. The minimum Gasteiger partial charge on any atom is -0.455 e. The molecular formula is C34H47NO12. The second-order valence-corrected chi connectivity index (χ2v) is 14.5. The lowest BCUT2D eigenvalue weighted by molar-refractivity contribution is -0.335. The topological polar surface area (TPSA) is 174 Å². The fourth-order valence-corrected chi connectivity index (χ4v) is 12.4. The number of aliphatic hydroxyl groups excluding tert-OH is 3. The summed E-state index contributed by atoms with van der Waals surface area (Å²) in [7, 11) is 5.94. The molecule has 0 unspecified atom stereocenters. The van der Waals surface area contributed by atoms with Crippen molar-refractivity contribution in [3.05, 3.63) is 35.9 Å². The van der Waals surface area contributed by atoms with Crippen LogP contribution >= 0.6 is 0 Å². The van der Waals surface area contributed by atoms with Gasteiger partial charge in [-0.2, -0.15) is 0 Å². The SMILES string of the molecule is CCN1C[C@]2(COC)[C@H](O)[C@H](O)[C@H](OC)[C@@]34[C@@H]5C[C@@]6(O)[C@H](OC(=O)c7ccccc7)[C@@H]5[C@@](OC(C)=O)([C@@H]([C@H](OC)[C@H]23)[C@@H]14)[C@@H](O)[C@@H]6OC. The molecule has 7 bridgehead atoms. The molecule has 5 saturated carbocycles. The van der Waals surface area contributed by atoms with Crippen molar-refractivity contribution < 1.29 is 58.4 Å². The standard InChI is InChI=1S/C34H47NO12/c1-7-35-14-31(15-42-3)23-22(43-4)20-24(35)33(23,28(44-5)21(37)25(31)38)18-13-32(41)27(46-30(40)17-11-9-8-10-12-17)19(18)34(20,47-16(2)36)26(39)29(32)45-6/h8-12,18-29,37-39,41H,7,13-15H2,1-6H3/t18-,19-,20+,21+,22+,23-,24-,25-,26+,27-,28+,29+,31-,32-,33+,34-/m1/s1. The van der Waals surface area contributed by atoms with Gasteiger partial charge in [-0.05, 0) is 31.0 Å². The molecule has 0 aromatic heterocycles. The van der Waals surface area contributed by atoms with E-state index in [1.54, 1.807) is 44.6 Å². The zero-order valence-corrected chi connectivity index (χ0v) is 27.6. The van der Waals surface area contributed by atoms with Crippen molar-refractivity contribution in [2.45, 2.75) is 80.2 Å². The lowest BCUT2D eigenvalue weighted by Crippen LogP contribution is -2.83. The van der Waals surface area contributed by atoms with E-state index in [1.807, 2.05) is 6.92 Å². The molecule has 0 radical (unpaired) electrons. The summed E-state index contributed by atoms with van der Waals surface area (Å²) >= 11 is 0. The lowest BCUT2D eigenvalue weighted by Gasteiger charge is -2.71. The third kappa shape index (κ3) is 3.75. The number of ether oxygens (including phenoxy) is 6. The molecule has 0 amide bonds. The van der Waals surface area contributed by atoms with Gasteiger partial charge in [-0.25, -0.2) is 4.79 Å². The van der Waals surface area contributed by atoms with E-state index >= 15 is 0 Å². The molecule has 13 nitrogen and oxygen atoms in total. The van der Waals surface area contributed by atoms with Crippen molar-refractivity contribution in [1.29, 1.82) is 0 Å². The number of carbonyl (C=O) groups excluding carboxylic acids is 2. The minimum atomic E-state index is -1.92. The fraction of sp³-hybridized carbons (Fsp3) is 0.765. The number of rotatable bonds is 9. The number of methoxy groups -OCH3 is 4. The average molecular weight is 662 g/mol. The van der Waals surface area contributed by atoms with Crippen LogP contribution in [0.2, 0.25) is 0 Å². The summed E-state index contributed by atoms with van der Waals surface area (Å²) in [5, 5.41) is 49.3. The highest BCUT2D eigenvalue weighted by molar-refractivity contribution is 5.89. The summed E-state index contributed by atoms with van der Waals surface area (Å²) in [6.07, 6.45) is -8.59. The van der Waals surface area contributed by atoms with E-state index in [2.05, 4.69) is 4.90 Å². The molecule has 1 saturated heterocycles. The highest BCUT2D eigenvalue weighted by atomic mass is 16.6. The van der Waals surface area contributed by atoms with E-state index in [-0.39, 0.29) is 18.6 Å². The molecule has 4 N–H and O–H groups in total. The Morgan fingerprint density at radius 3 is 2.19 bits per heavy atom. The number of nitrogens with zero attached hydrogens (tertiary/aromatic N) is 1. The molecule has 47 heavy (non-hydrogen) atoms. The molecule has 1 spiro atoms. The van der Waals surface area contributed by atoms with E-state index < -0.39 is 106 Å². The van der Waals surface area contributed by atoms with Gasteiger partial charge in [-0.1, -0.05) is 25.1 Å². The highest BCUT2D eigenvalue weighted by Gasteiger charge is 2.93. The molecule has 1 aromatic rings. The quantitative estimate of drug-likeness (QED) is 0.253. The first kappa shape index (κ1) is 33.3. The van der Waals surface area contributed by atoms with Crippen LogP contribution in [0.15, 0.2) is 30.3 Å². The Hall–Kier alpha value is -2.20. The predicted molar refractivity (Wildman–Crippen MR) is 162 cm³/mol. The van der Waals surface area contributed by atoms with Crippen LogP contribution in [0.4, 0.5) is 0 Å². The largest absolute Gasteiger partial charge is 0.455 e. The first-order valence-electron chi connectivity index (χ1n) is 16.5. The van der Waals surface area contributed by atoms with E-state index in [9.17, 15) is 30.0 Å². The average Bonchev–Trinajstić information content (AvgIpc) is 3.42. The molecule has 1 aromatic carbocycles. The van der Waals surface area contributed by atoms with Crippen molar-refractivity contribution in [2.24, 2.45) is 34.5 Å². The predicted octanol–water partition coefficient (Wildman–Crippen LogP) is -0.381. The van der Waals surface area contributed by atoms with Crippen molar-refractivity contribution in [2.75, 3.05) is 48.1 Å². The van der Waals surface area contributed by atoms with Crippen molar-refractivity contribution >= 4 is 11.9 Å². The van der Waals surface area contributed by atoms with E-state index in [0.29, 0.717) is 13.1 Å². The van der Waals surface area contributed by atoms with Gasteiger partial charge in [0.1, 0.15) is 30.0 Å². The van der Waals surface area contributed by atoms with Crippen LogP contribution in [0.1, 0.15) is 30.6 Å². The number of fused-ring (bicyclic) bond motifs is 2. The van der Waals surface area contributed by atoms with Crippen molar-refractivity contribution in [3.8, 4) is 0 Å². The number of hydrogen-bond donors (Lipinski definition) is 4. The Bertz CT molecular complexity index is 1400. The molecule has 5 aliphatic carbocycles. The first-order chi connectivity index (χ1) is 22.4. The monoisotopic (exact) mass is 661 g/mol. The lowest BCUT2D eigenvalue weighted by atomic mass is 9.42. The maximum atomic E-state index is 13.8. The second kappa shape index (κ2) is 11.2. The molecule has 1 aliphatic heterocycles. The van der Waals surface area contributed by atoms with Gasteiger partial charge in [-0.15, -0.1) is 0 Å². The Morgan fingerprint density at radius 1 is 0.936 bits per heavy atom. The van der Waals surface area contributed by atoms with Gasteiger partial charge >= 0.3 is 11.9 Å². The summed E-state index contributed by atoms with van der Waals surface area (Å²) in [5.41, 5.74) is -5.57. The van der Waals surface area contributed by atoms with Gasteiger partial charge in [-0.3, -0.25) is 9.69 Å². The van der Waals surface area contributed by atoms with Gasteiger partial charge in [0.15, 0.2) is 5.60 Å². The molecule has 1 heterocycles. The highest BCUT2D eigenvalue weighted by Crippen LogP contribution is 2.80. The molecule has 13 heteroatoms. The van der Waals surface area contributed by atoms with E-state index in [0.717, 1.165) is 0 Å². The summed E-state index contributed by atoms with van der Waals surface area (Å²) in [6, 6.07) is 7.87. The first-order valence-corrected chi connectivity index (χ1v) is 16.5. The number of likely N-dealkylation sites (tertiary alicyclic amines) is 1. The van der Waals surface area contributed by atoms with Crippen LogP contribution in [0.3, 0.4) is 0 Å². The molecule has 7 rings (SSSR count). The zero-order chi connectivity index (χ0) is 33.8. The number of hydrogen-bond acceptors (Lipinski definition) is 13. The molecule has 6 aliphatic rings. The van der Waals surface area contributed by atoms with Crippen LogP contribution in [0.25, 0.3) is 0 Å². The van der Waals surface area contributed by atoms with Gasteiger partial charge in [0.2, 0.25) is 0 Å². The fourth-order valence-electron chi connectivity index (χ4n) is 12.4. The second-order valence-electron chi connectivity index (χ2n) is 14.5. The number of carbonyl (C=O) groups is 2. The summed E-state index contributed by atoms with van der Waals surface area (Å²) in [4.78, 5) is 29.2. The third-order valence-electron chi connectivity index (χ3n) is 13.2. The Labute approximate surface area is 274 Å². The van der Waals surface area contributed by atoms with Crippen molar-refractivity contribution in [1.82, 2.24) is 4.90 Å². The third-order valence-corrected chi connectivity index (χ3v) is 13.2. The molecular weight excluding hydrogens is 614 g/mol. The Kier molecular flexibility index (Phi) is 7.91. The summed E-state index contributed by atoms with van der Waals surface area (Å²) in [5.74, 6) is -4.35. The van der Waals surface area contributed by atoms with Crippen LogP contribution in [-0.4, -0.2) is 145 Å². The molecule has 6 fully saturated rings. The Balaban J connectivity index is 1.55. The smallest absolute Gasteiger partial charge is 0.338 e. The maximum absolute atomic E-state index is 13.8. The van der Waals surface area contributed by atoms with Gasteiger partial charge in [0, 0.05) is 76.5 Å². The zero-order valence-electron chi connectivity index (χ0n) is 27.6. The van der Waals surface area contributed by atoms with Crippen LogP contribution in [0.5, 0.6) is 0 Å². The van der Waals surface area contributed by atoms with Crippen LogP contribution in [0, 0.1) is 34.5 Å². The van der Waals surface area contributed by atoms with Gasteiger partial charge in [0.05, 0.1) is 30.5 Å². The number of esters is 2. The minimum absolute atomic E-state index is 0.0393. The van der Waals surface area contributed by atoms with Gasteiger partial charge in [0.25, 0.3) is 0 Å². The van der Waals surface area contributed by atoms with Crippen molar-refractivity contribution in [3.63, 3.8) is 0 Å². The number of aliphatic hydroxyl groups is 4. The number of benzene rings is 1. The molecule has 16 atom stereocenters. The molecule has 260 valence electrons. The summed E-state index contributed by atoms with van der Waals surface area (Å²) < 4.78 is 37.0.